The Labute approximate surface area is 342 Å². The molecule has 0 saturated carbocycles. The Morgan fingerprint density at radius 1 is 0.534 bits per heavy atom. The number of anilines is 6. The van der Waals surface area contributed by atoms with Crippen LogP contribution in [0.15, 0.2) is 186 Å². The van der Waals surface area contributed by atoms with Crippen LogP contribution in [0.2, 0.25) is 19.6 Å². The van der Waals surface area contributed by atoms with E-state index >= 15 is 0 Å². The molecule has 10 rings (SSSR count). The largest absolute Gasteiger partial charge is 0.455 e. The smallest absolute Gasteiger partial charge is 0.143 e. The van der Waals surface area contributed by atoms with Gasteiger partial charge in [0.1, 0.15) is 11.2 Å². The van der Waals surface area contributed by atoms with E-state index in [9.17, 15) is 0 Å². The van der Waals surface area contributed by atoms with E-state index < -0.39 is 8.07 Å². The number of nitrogens with zero attached hydrogens (tertiary/aromatic N) is 2. The summed E-state index contributed by atoms with van der Waals surface area (Å²) in [6.45, 7) is 9.56. The maximum atomic E-state index is 7.07. The fraction of sp³-hybridized carbons (Fsp3) is 0.111. The van der Waals surface area contributed by atoms with E-state index in [1.165, 1.54) is 38.2 Å². The molecule has 9 aromatic rings. The lowest BCUT2D eigenvalue weighted by Gasteiger charge is -2.29. The van der Waals surface area contributed by atoms with Gasteiger partial charge in [-0.15, -0.1) is 0 Å². The minimum Gasteiger partial charge on any atom is -0.455 e. The summed E-state index contributed by atoms with van der Waals surface area (Å²) in [5, 5.41) is 6.17. The van der Waals surface area contributed by atoms with Gasteiger partial charge in [0.2, 0.25) is 0 Å². The number of hydrogen-bond donors (Lipinski definition) is 0. The monoisotopic (exact) mass is 766 g/mol. The molecule has 0 amide bonds. The summed E-state index contributed by atoms with van der Waals surface area (Å²) in [4.78, 5) is 4.74. The Balaban J connectivity index is 1.17. The van der Waals surface area contributed by atoms with Crippen LogP contribution in [0.1, 0.15) is 30.4 Å². The average molecular weight is 767 g/mol. The maximum Gasteiger partial charge on any atom is 0.143 e. The van der Waals surface area contributed by atoms with E-state index in [2.05, 4.69) is 224 Å². The van der Waals surface area contributed by atoms with Crippen LogP contribution in [0, 0.1) is 0 Å². The van der Waals surface area contributed by atoms with Gasteiger partial charge in [-0.2, -0.15) is 0 Å². The first-order chi connectivity index (χ1) is 28.3. The second-order valence-electron chi connectivity index (χ2n) is 16.6. The van der Waals surface area contributed by atoms with Gasteiger partial charge in [0.05, 0.1) is 13.8 Å². The zero-order chi connectivity index (χ0) is 39.4. The third kappa shape index (κ3) is 6.21. The lowest BCUT2D eigenvalue weighted by atomic mass is 9.82. The van der Waals surface area contributed by atoms with Crippen molar-refractivity contribution in [3.8, 4) is 11.1 Å². The van der Waals surface area contributed by atoms with Crippen molar-refractivity contribution < 1.29 is 4.42 Å². The zero-order valence-electron chi connectivity index (χ0n) is 33.5. The third-order valence-corrected chi connectivity index (χ3v) is 13.9. The van der Waals surface area contributed by atoms with Crippen LogP contribution < -0.4 is 15.0 Å². The standard InChI is InChI=1S/C54H46N2OSi/c1-37-17-16-25-48-52(37)49-35-42(56(40-22-12-7-13-23-40)50-26-15-14-24-45(50)38-18-8-5-9-19-38)29-33-46(49)54-53(48)47-34-30-43(36-51(47)57-54)55(39-20-10-6-11-21-39)41-27-31-44(32-28-41)58(2,3)4/h5-16,18-37H,17H2,1-4H3. The SMILES string of the molecule is CC1CC=Cc2c1c1cc(N(c3ccccc3)c3ccccc3-c3ccccc3)ccc1c1oc3cc(N(c4ccccc4)c4ccc([Si](C)(C)C)cc4)ccc3c21. The predicted molar refractivity (Wildman–Crippen MR) is 251 cm³/mol. The Bertz CT molecular complexity index is 2960. The number of furan rings is 1. The van der Waals surface area contributed by atoms with Crippen LogP contribution in [0.25, 0.3) is 49.9 Å². The van der Waals surface area contributed by atoms with Crippen molar-refractivity contribution in [1.29, 1.82) is 0 Å². The minimum absolute atomic E-state index is 0.348. The van der Waals surface area contributed by atoms with Gasteiger partial charge in [0.15, 0.2) is 0 Å². The van der Waals surface area contributed by atoms with Crippen molar-refractivity contribution in [1.82, 2.24) is 0 Å². The van der Waals surface area contributed by atoms with E-state index in [0.29, 0.717) is 5.92 Å². The highest BCUT2D eigenvalue weighted by atomic mass is 28.3. The molecule has 3 nitrogen and oxygen atoms in total. The van der Waals surface area contributed by atoms with E-state index in [1.807, 2.05) is 0 Å². The quantitative estimate of drug-likeness (QED) is 0.144. The number of hydrogen-bond acceptors (Lipinski definition) is 3. The number of allylic oxidation sites excluding steroid dienone is 1. The minimum atomic E-state index is -1.45. The topological polar surface area (TPSA) is 19.6 Å². The van der Waals surface area contributed by atoms with Gasteiger partial charge >= 0.3 is 0 Å². The van der Waals surface area contributed by atoms with Crippen LogP contribution in [0.4, 0.5) is 34.1 Å². The molecule has 282 valence electrons. The van der Waals surface area contributed by atoms with Crippen molar-refractivity contribution in [2.75, 3.05) is 9.80 Å². The van der Waals surface area contributed by atoms with Crippen molar-refractivity contribution in [2.24, 2.45) is 0 Å². The normalized spacial score (nSPS) is 13.9. The molecule has 0 N–H and O–H groups in total. The summed E-state index contributed by atoms with van der Waals surface area (Å²) in [6.07, 6.45) is 5.67. The molecule has 8 aromatic carbocycles. The Morgan fingerprint density at radius 2 is 1.10 bits per heavy atom. The molecule has 58 heavy (non-hydrogen) atoms. The zero-order valence-corrected chi connectivity index (χ0v) is 34.5. The van der Waals surface area contributed by atoms with Crippen molar-refractivity contribution in [3.63, 3.8) is 0 Å². The third-order valence-electron chi connectivity index (χ3n) is 11.8. The van der Waals surface area contributed by atoms with E-state index in [4.69, 9.17) is 4.42 Å². The highest BCUT2D eigenvalue weighted by Crippen LogP contribution is 2.49. The lowest BCUT2D eigenvalue weighted by Crippen LogP contribution is -2.37. The van der Waals surface area contributed by atoms with Crippen molar-refractivity contribution >= 4 is 86.2 Å². The van der Waals surface area contributed by atoms with Crippen LogP contribution in [-0.2, 0) is 0 Å². The summed E-state index contributed by atoms with van der Waals surface area (Å²) < 4.78 is 7.07. The molecule has 1 unspecified atom stereocenters. The van der Waals surface area contributed by atoms with Gasteiger partial charge in [0, 0.05) is 56.2 Å². The molecule has 1 heterocycles. The number of rotatable bonds is 8. The van der Waals surface area contributed by atoms with Crippen LogP contribution in [0.3, 0.4) is 0 Å². The van der Waals surface area contributed by atoms with Crippen molar-refractivity contribution in [3.05, 3.63) is 193 Å². The Kier molecular flexibility index (Phi) is 8.88. The summed E-state index contributed by atoms with van der Waals surface area (Å²) in [6, 6.07) is 63.7. The van der Waals surface area contributed by atoms with Gasteiger partial charge in [-0.25, -0.2) is 0 Å². The van der Waals surface area contributed by atoms with E-state index in [0.717, 1.165) is 62.5 Å². The first-order valence-corrected chi connectivity index (χ1v) is 23.9. The summed E-state index contributed by atoms with van der Waals surface area (Å²) in [5.41, 5.74) is 13.5. The van der Waals surface area contributed by atoms with Gasteiger partial charge in [-0.1, -0.05) is 141 Å². The fourth-order valence-electron chi connectivity index (χ4n) is 8.93. The lowest BCUT2D eigenvalue weighted by molar-refractivity contribution is 0.672. The van der Waals surface area contributed by atoms with Crippen molar-refractivity contribution in [2.45, 2.75) is 38.9 Å². The highest BCUT2D eigenvalue weighted by molar-refractivity contribution is 6.88. The van der Waals surface area contributed by atoms with Gasteiger partial charge in [-0.3, -0.25) is 0 Å². The van der Waals surface area contributed by atoms with Gasteiger partial charge in [-0.05, 0) is 107 Å². The molecule has 1 aliphatic rings. The molecule has 1 atom stereocenters. The molecule has 0 fully saturated rings. The van der Waals surface area contributed by atoms with Crippen LogP contribution >= 0.6 is 0 Å². The molecular weight excluding hydrogens is 721 g/mol. The first kappa shape index (κ1) is 35.8. The molecule has 0 saturated heterocycles. The molecule has 0 radical (unpaired) electrons. The molecule has 1 aliphatic carbocycles. The number of benzene rings is 8. The Morgan fingerprint density at radius 3 is 1.79 bits per heavy atom. The second kappa shape index (κ2) is 14.4. The average Bonchev–Trinajstić information content (AvgIpc) is 3.64. The molecule has 4 heteroatoms. The summed E-state index contributed by atoms with van der Waals surface area (Å²) in [7, 11) is -1.45. The van der Waals surface area contributed by atoms with E-state index in [-0.39, 0.29) is 0 Å². The fourth-order valence-corrected chi connectivity index (χ4v) is 10.1. The predicted octanol–water partition coefficient (Wildman–Crippen LogP) is 15.4. The number of para-hydroxylation sites is 3. The molecule has 0 aliphatic heterocycles. The van der Waals surface area contributed by atoms with E-state index in [1.54, 1.807) is 0 Å². The van der Waals surface area contributed by atoms with Crippen LogP contribution in [0.5, 0.6) is 0 Å². The summed E-state index contributed by atoms with van der Waals surface area (Å²) in [5.74, 6) is 0.348. The molecule has 0 bridgehead atoms. The first-order valence-electron chi connectivity index (χ1n) is 20.4. The van der Waals surface area contributed by atoms with Gasteiger partial charge in [0.25, 0.3) is 0 Å². The summed E-state index contributed by atoms with van der Waals surface area (Å²) >= 11 is 0. The Hall–Kier alpha value is -6.62. The second-order valence-corrected chi connectivity index (χ2v) is 21.7. The van der Waals surface area contributed by atoms with Crippen LogP contribution in [-0.4, -0.2) is 8.07 Å². The van der Waals surface area contributed by atoms with Gasteiger partial charge < -0.3 is 14.2 Å². The molecule has 0 spiro atoms. The highest BCUT2D eigenvalue weighted by Gasteiger charge is 2.26. The maximum absolute atomic E-state index is 7.07. The molecule has 1 aromatic heterocycles. The number of fused-ring (bicyclic) bond motifs is 8. The molecular formula is C54H46N2OSi.